The molecule has 0 aromatic carbocycles. The van der Waals surface area contributed by atoms with E-state index in [1.807, 2.05) is 11.7 Å². The van der Waals surface area contributed by atoms with Crippen LogP contribution in [0.5, 0.6) is 0 Å². The van der Waals surface area contributed by atoms with Gasteiger partial charge in [0.1, 0.15) is 5.69 Å². The van der Waals surface area contributed by atoms with Gasteiger partial charge in [0.2, 0.25) is 5.91 Å². The van der Waals surface area contributed by atoms with Crippen LogP contribution in [0.1, 0.15) is 32.9 Å². The Labute approximate surface area is 102 Å². The minimum absolute atomic E-state index is 0.0524. The Bertz CT molecular complexity index is 436. The van der Waals surface area contributed by atoms with Gasteiger partial charge >= 0.3 is 0 Å². The summed E-state index contributed by atoms with van der Waals surface area (Å²) < 4.78 is 1.87. The van der Waals surface area contributed by atoms with E-state index in [4.69, 9.17) is 0 Å². The number of carbonyl (C=O) groups is 1. The van der Waals surface area contributed by atoms with Gasteiger partial charge in [0.05, 0.1) is 12.2 Å². The van der Waals surface area contributed by atoms with E-state index in [1.165, 1.54) is 0 Å². The highest BCUT2D eigenvalue weighted by Gasteiger charge is 2.29. The molecular weight excluding hydrogens is 216 g/mol. The van der Waals surface area contributed by atoms with Crippen molar-refractivity contribution >= 4 is 17.4 Å². The normalized spacial score (nSPS) is 15.1. The van der Waals surface area contributed by atoms with Gasteiger partial charge in [-0.05, 0) is 20.3 Å². The van der Waals surface area contributed by atoms with Crippen LogP contribution in [0.3, 0.4) is 0 Å². The Morgan fingerprint density at radius 1 is 1.47 bits per heavy atom. The van der Waals surface area contributed by atoms with Crippen LogP contribution in [0, 0.1) is 0 Å². The Balaban J connectivity index is 2.47. The average molecular weight is 236 g/mol. The zero-order valence-corrected chi connectivity index (χ0v) is 10.9. The second kappa shape index (κ2) is 4.39. The number of aryl methyl sites for hydroxylation is 2. The summed E-state index contributed by atoms with van der Waals surface area (Å²) in [7, 11) is 1.94. The number of hydrogen-bond acceptors (Lipinski definition) is 3. The number of carbonyl (C=O) groups excluding carboxylic acids is 1. The number of nitrogens with zero attached hydrogens (tertiary/aromatic N) is 3. The molecule has 5 heteroatoms. The SMILES string of the molecule is CCCc1nn(C)c2c1NC(=O)CN2C(C)C. The summed E-state index contributed by atoms with van der Waals surface area (Å²) in [5.74, 6) is 1.08. The number of aromatic nitrogens is 2. The van der Waals surface area contributed by atoms with Crippen LogP contribution in [0.25, 0.3) is 0 Å². The molecule has 2 rings (SSSR count). The van der Waals surface area contributed by atoms with Gasteiger partial charge < -0.3 is 10.2 Å². The van der Waals surface area contributed by atoms with E-state index in [1.54, 1.807) is 0 Å². The monoisotopic (exact) mass is 236 g/mol. The van der Waals surface area contributed by atoms with Gasteiger partial charge in [0.15, 0.2) is 5.82 Å². The van der Waals surface area contributed by atoms with E-state index in [0.717, 1.165) is 30.0 Å². The second-order valence-electron chi connectivity index (χ2n) is 4.79. The molecule has 0 spiro atoms. The van der Waals surface area contributed by atoms with Crippen LogP contribution in [0.4, 0.5) is 11.5 Å². The van der Waals surface area contributed by atoms with Crippen LogP contribution in [-0.2, 0) is 18.3 Å². The van der Waals surface area contributed by atoms with Gasteiger partial charge in [-0.2, -0.15) is 5.10 Å². The topological polar surface area (TPSA) is 50.2 Å². The first-order valence-corrected chi connectivity index (χ1v) is 6.17. The van der Waals surface area contributed by atoms with E-state index < -0.39 is 0 Å². The quantitative estimate of drug-likeness (QED) is 0.866. The zero-order valence-electron chi connectivity index (χ0n) is 10.9. The van der Waals surface area contributed by atoms with Crippen LogP contribution < -0.4 is 10.2 Å². The molecule has 1 N–H and O–H groups in total. The standard InChI is InChI=1S/C12H20N4O/c1-5-6-9-11-12(15(4)14-9)16(8(2)3)7-10(17)13-11/h8H,5-7H2,1-4H3,(H,13,17). The molecule has 5 nitrogen and oxygen atoms in total. The van der Waals surface area contributed by atoms with Crippen LogP contribution >= 0.6 is 0 Å². The summed E-state index contributed by atoms with van der Waals surface area (Å²) in [5, 5.41) is 7.46. The van der Waals surface area contributed by atoms with E-state index in [0.29, 0.717) is 12.6 Å². The molecule has 0 aliphatic carbocycles. The van der Waals surface area contributed by atoms with Crippen molar-refractivity contribution in [3.63, 3.8) is 0 Å². The average Bonchev–Trinajstić information content (AvgIpc) is 2.55. The molecule has 1 aromatic heterocycles. The number of fused-ring (bicyclic) bond motifs is 1. The summed E-state index contributed by atoms with van der Waals surface area (Å²) in [6, 6.07) is 0.296. The van der Waals surface area contributed by atoms with Gasteiger partial charge in [-0.25, -0.2) is 0 Å². The summed E-state index contributed by atoms with van der Waals surface area (Å²) in [6.45, 7) is 6.71. The Morgan fingerprint density at radius 2 is 2.18 bits per heavy atom. The number of amides is 1. The van der Waals surface area contributed by atoms with Gasteiger partial charge in [-0.1, -0.05) is 13.3 Å². The van der Waals surface area contributed by atoms with Crippen molar-refractivity contribution in [3.8, 4) is 0 Å². The molecule has 0 unspecified atom stereocenters. The minimum atomic E-state index is 0.0524. The lowest BCUT2D eigenvalue weighted by Gasteiger charge is -2.32. The van der Waals surface area contributed by atoms with Crippen molar-refractivity contribution in [3.05, 3.63) is 5.69 Å². The molecule has 1 aliphatic rings. The van der Waals surface area contributed by atoms with Crippen LogP contribution in [0.15, 0.2) is 0 Å². The fourth-order valence-electron chi connectivity index (χ4n) is 2.27. The molecule has 0 fully saturated rings. The van der Waals surface area contributed by atoms with Crippen molar-refractivity contribution in [2.24, 2.45) is 7.05 Å². The largest absolute Gasteiger partial charge is 0.343 e. The molecule has 0 atom stereocenters. The summed E-state index contributed by atoms with van der Waals surface area (Å²) >= 11 is 0. The summed E-state index contributed by atoms with van der Waals surface area (Å²) in [4.78, 5) is 13.8. The Morgan fingerprint density at radius 3 is 2.76 bits per heavy atom. The lowest BCUT2D eigenvalue weighted by atomic mass is 10.1. The third-order valence-electron chi connectivity index (χ3n) is 3.05. The second-order valence-corrected chi connectivity index (χ2v) is 4.79. The van der Waals surface area contributed by atoms with Crippen LogP contribution in [0.2, 0.25) is 0 Å². The number of anilines is 2. The molecule has 0 bridgehead atoms. The molecule has 1 aromatic rings. The number of hydrogen-bond donors (Lipinski definition) is 1. The van der Waals surface area contributed by atoms with E-state index in [2.05, 4.69) is 36.1 Å². The van der Waals surface area contributed by atoms with Gasteiger partial charge in [0, 0.05) is 13.1 Å². The van der Waals surface area contributed by atoms with Crippen molar-refractivity contribution in [2.45, 2.75) is 39.7 Å². The predicted octanol–water partition coefficient (Wildman–Crippen LogP) is 1.54. The summed E-state index contributed by atoms with van der Waals surface area (Å²) in [5.41, 5.74) is 1.89. The molecule has 2 heterocycles. The highest BCUT2D eigenvalue weighted by Crippen LogP contribution is 2.33. The first-order chi connectivity index (χ1) is 8.04. The van der Waals surface area contributed by atoms with Crippen molar-refractivity contribution in [1.82, 2.24) is 9.78 Å². The highest BCUT2D eigenvalue weighted by atomic mass is 16.2. The van der Waals surface area contributed by atoms with Crippen molar-refractivity contribution in [2.75, 3.05) is 16.8 Å². The van der Waals surface area contributed by atoms with Crippen molar-refractivity contribution < 1.29 is 4.79 Å². The molecule has 94 valence electrons. The molecular formula is C12H20N4O. The number of rotatable bonds is 3. The van der Waals surface area contributed by atoms with Gasteiger partial charge in [-0.3, -0.25) is 9.48 Å². The Hall–Kier alpha value is -1.52. The third kappa shape index (κ3) is 2.01. The molecule has 0 radical (unpaired) electrons. The van der Waals surface area contributed by atoms with E-state index in [9.17, 15) is 4.79 Å². The predicted molar refractivity (Wildman–Crippen MR) is 68.3 cm³/mol. The maximum Gasteiger partial charge on any atom is 0.244 e. The Kier molecular flexibility index (Phi) is 3.09. The summed E-state index contributed by atoms with van der Waals surface area (Å²) in [6.07, 6.45) is 1.93. The van der Waals surface area contributed by atoms with Crippen LogP contribution in [-0.4, -0.2) is 28.3 Å². The van der Waals surface area contributed by atoms with E-state index >= 15 is 0 Å². The van der Waals surface area contributed by atoms with Crippen molar-refractivity contribution in [1.29, 1.82) is 0 Å². The molecule has 1 amide bonds. The fraction of sp³-hybridized carbons (Fsp3) is 0.667. The number of nitrogens with one attached hydrogen (secondary N) is 1. The highest BCUT2D eigenvalue weighted by molar-refractivity contribution is 6.01. The zero-order chi connectivity index (χ0) is 12.6. The first kappa shape index (κ1) is 12.0. The molecule has 1 aliphatic heterocycles. The smallest absolute Gasteiger partial charge is 0.244 e. The molecule has 0 saturated heterocycles. The van der Waals surface area contributed by atoms with Gasteiger partial charge in [-0.15, -0.1) is 0 Å². The molecule has 17 heavy (non-hydrogen) atoms. The lowest BCUT2D eigenvalue weighted by Crippen LogP contribution is -2.43. The van der Waals surface area contributed by atoms with Gasteiger partial charge in [0.25, 0.3) is 0 Å². The maximum atomic E-state index is 11.7. The first-order valence-electron chi connectivity index (χ1n) is 6.17. The van der Waals surface area contributed by atoms with E-state index in [-0.39, 0.29) is 5.91 Å². The molecule has 0 saturated carbocycles. The minimum Gasteiger partial charge on any atom is -0.343 e. The maximum absolute atomic E-state index is 11.7. The third-order valence-corrected chi connectivity index (χ3v) is 3.05. The lowest BCUT2D eigenvalue weighted by molar-refractivity contribution is -0.115. The fourth-order valence-corrected chi connectivity index (χ4v) is 2.27.